The quantitative estimate of drug-likeness (QED) is 0.914. The van der Waals surface area contributed by atoms with Gasteiger partial charge in [-0.15, -0.1) is 12.4 Å². The minimum Gasteiger partial charge on any atom is -0.311 e. The summed E-state index contributed by atoms with van der Waals surface area (Å²) in [4.78, 5) is 2.51. The Balaban J connectivity index is 0.00000161. The highest BCUT2D eigenvalue weighted by Crippen LogP contribution is 2.30. The molecule has 1 N–H and O–H groups in total. The van der Waals surface area contributed by atoms with E-state index in [4.69, 9.17) is 0 Å². The van der Waals surface area contributed by atoms with E-state index in [9.17, 15) is 4.39 Å². The molecule has 2 fully saturated rings. The fourth-order valence-electron chi connectivity index (χ4n) is 3.86. The number of hydrogen-bond donors (Lipinski definition) is 1. The third-order valence-electron chi connectivity index (χ3n) is 5.07. The van der Waals surface area contributed by atoms with Crippen LogP contribution in [-0.4, -0.2) is 36.6 Å². The van der Waals surface area contributed by atoms with Crippen LogP contribution < -0.4 is 5.32 Å². The number of rotatable bonds is 4. The number of fused-ring (bicyclic) bond motifs is 2. The third kappa shape index (κ3) is 3.97. The molecule has 3 rings (SSSR count). The van der Waals surface area contributed by atoms with Gasteiger partial charge in [-0.3, -0.25) is 0 Å². The van der Waals surface area contributed by atoms with Gasteiger partial charge < -0.3 is 10.2 Å². The van der Waals surface area contributed by atoms with Gasteiger partial charge in [-0.1, -0.05) is 19.1 Å². The highest BCUT2D eigenvalue weighted by atomic mass is 35.5. The lowest BCUT2D eigenvalue weighted by atomic mass is 9.95. The molecule has 0 amide bonds. The maximum Gasteiger partial charge on any atom is 0.123 e. The second-order valence-electron chi connectivity index (χ2n) is 6.66. The Morgan fingerprint density at radius 1 is 1.19 bits per heavy atom. The van der Waals surface area contributed by atoms with Crippen molar-refractivity contribution in [3.8, 4) is 0 Å². The largest absolute Gasteiger partial charge is 0.311 e. The summed E-state index contributed by atoms with van der Waals surface area (Å²) in [5, 5.41) is 3.70. The normalized spacial score (nSPS) is 29.2. The Morgan fingerprint density at radius 2 is 1.76 bits per heavy atom. The van der Waals surface area contributed by atoms with Gasteiger partial charge in [0.1, 0.15) is 5.82 Å². The van der Waals surface area contributed by atoms with Crippen LogP contribution in [0, 0.1) is 5.82 Å². The van der Waals surface area contributed by atoms with Gasteiger partial charge in [-0.05, 0) is 56.3 Å². The van der Waals surface area contributed by atoms with E-state index in [0.29, 0.717) is 12.0 Å². The van der Waals surface area contributed by atoms with Gasteiger partial charge >= 0.3 is 0 Å². The number of hydrogen-bond acceptors (Lipinski definition) is 2. The van der Waals surface area contributed by atoms with Crippen molar-refractivity contribution in [3.63, 3.8) is 0 Å². The SMILES string of the molecule is CC(CN(C)C1CC2CCC(C1)N2)c1ccc(F)cc1.Cl. The second kappa shape index (κ2) is 7.08. The van der Waals surface area contributed by atoms with Gasteiger partial charge in [-0.25, -0.2) is 4.39 Å². The lowest BCUT2D eigenvalue weighted by Crippen LogP contribution is -2.47. The average Bonchev–Trinajstić information content (AvgIpc) is 2.78. The molecule has 2 heterocycles. The summed E-state index contributed by atoms with van der Waals surface area (Å²) in [5.74, 6) is 0.303. The van der Waals surface area contributed by atoms with E-state index in [0.717, 1.165) is 18.6 Å². The van der Waals surface area contributed by atoms with Crippen molar-refractivity contribution in [1.82, 2.24) is 10.2 Å². The first-order valence-corrected chi connectivity index (χ1v) is 7.83. The molecule has 2 aliphatic heterocycles. The smallest absolute Gasteiger partial charge is 0.123 e. The molecule has 0 spiro atoms. The summed E-state index contributed by atoms with van der Waals surface area (Å²) in [6.07, 6.45) is 5.26. The number of likely N-dealkylation sites (N-methyl/N-ethyl adjacent to an activating group) is 1. The molecular formula is C17H26ClFN2. The zero-order valence-electron chi connectivity index (χ0n) is 12.9. The molecule has 21 heavy (non-hydrogen) atoms. The van der Waals surface area contributed by atoms with E-state index in [1.165, 1.54) is 31.2 Å². The van der Waals surface area contributed by atoms with Crippen molar-refractivity contribution in [3.05, 3.63) is 35.6 Å². The third-order valence-corrected chi connectivity index (χ3v) is 5.07. The fourth-order valence-corrected chi connectivity index (χ4v) is 3.86. The summed E-state index contributed by atoms with van der Waals surface area (Å²) in [6.45, 7) is 3.29. The lowest BCUT2D eigenvalue weighted by Gasteiger charge is -2.36. The Bertz CT molecular complexity index is 439. The van der Waals surface area contributed by atoms with Gasteiger partial charge in [0.05, 0.1) is 0 Å². The van der Waals surface area contributed by atoms with Crippen molar-refractivity contribution < 1.29 is 4.39 Å². The monoisotopic (exact) mass is 312 g/mol. The molecule has 3 unspecified atom stereocenters. The van der Waals surface area contributed by atoms with Crippen LogP contribution in [0.5, 0.6) is 0 Å². The molecule has 1 aromatic carbocycles. The van der Waals surface area contributed by atoms with E-state index >= 15 is 0 Å². The topological polar surface area (TPSA) is 15.3 Å². The molecule has 2 bridgehead atoms. The van der Waals surface area contributed by atoms with Gasteiger partial charge in [0.15, 0.2) is 0 Å². The van der Waals surface area contributed by atoms with Crippen LogP contribution >= 0.6 is 12.4 Å². The molecule has 4 heteroatoms. The Kier molecular flexibility index (Phi) is 5.64. The Morgan fingerprint density at radius 3 is 2.33 bits per heavy atom. The van der Waals surface area contributed by atoms with Crippen LogP contribution in [0.25, 0.3) is 0 Å². The summed E-state index contributed by atoms with van der Waals surface area (Å²) < 4.78 is 13.0. The van der Waals surface area contributed by atoms with Crippen LogP contribution in [0.2, 0.25) is 0 Å². The summed E-state index contributed by atoms with van der Waals surface area (Å²) >= 11 is 0. The molecule has 1 aromatic rings. The number of benzene rings is 1. The zero-order valence-corrected chi connectivity index (χ0v) is 13.7. The Labute approximate surface area is 133 Å². The Hall–Kier alpha value is -0.640. The predicted molar refractivity (Wildman–Crippen MR) is 87.7 cm³/mol. The highest BCUT2D eigenvalue weighted by Gasteiger charge is 2.35. The molecule has 118 valence electrons. The maximum atomic E-state index is 13.0. The molecule has 2 nitrogen and oxygen atoms in total. The summed E-state index contributed by atoms with van der Waals surface area (Å²) in [6, 6.07) is 9.15. The summed E-state index contributed by atoms with van der Waals surface area (Å²) in [5.41, 5.74) is 1.23. The zero-order chi connectivity index (χ0) is 14.1. The van der Waals surface area contributed by atoms with E-state index in [1.807, 2.05) is 12.1 Å². The predicted octanol–water partition coefficient (Wildman–Crippen LogP) is 3.57. The first-order chi connectivity index (χ1) is 9.61. The lowest BCUT2D eigenvalue weighted by molar-refractivity contribution is 0.166. The van der Waals surface area contributed by atoms with Crippen molar-refractivity contribution in [2.24, 2.45) is 0 Å². The van der Waals surface area contributed by atoms with E-state index in [-0.39, 0.29) is 18.2 Å². The van der Waals surface area contributed by atoms with Crippen molar-refractivity contribution in [2.45, 2.75) is 56.7 Å². The van der Waals surface area contributed by atoms with Gasteiger partial charge in [0, 0.05) is 24.7 Å². The molecule has 2 saturated heterocycles. The van der Waals surface area contributed by atoms with Crippen molar-refractivity contribution in [1.29, 1.82) is 0 Å². The number of nitrogens with one attached hydrogen (secondary N) is 1. The number of nitrogens with zero attached hydrogens (tertiary/aromatic N) is 1. The molecule has 0 aliphatic carbocycles. The van der Waals surface area contributed by atoms with Gasteiger partial charge in [0.25, 0.3) is 0 Å². The van der Waals surface area contributed by atoms with E-state index in [1.54, 1.807) is 12.1 Å². The van der Waals surface area contributed by atoms with Crippen molar-refractivity contribution >= 4 is 12.4 Å². The van der Waals surface area contributed by atoms with Crippen molar-refractivity contribution in [2.75, 3.05) is 13.6 Å². The molecular weight excluding hydrogens is 287 g/mol. The van der Waals surface area contributed by atoms with Gasteiger partial charge in [-0.2, -0.15) is 0 Å². The van der Waals surface area contributed by atoms with Gasteiger partial charge in [0.2, 0.25) is 0 Å². The highest BCUT2D eigenvalue weighted by molar-refractivity contribution is 5.85. The van der Waals surface area contributed by atoms with Crippen LogP contribution in [0.4, 0.5) is 4.39 Å². The standard InChI is InChI=1S/C17H25FN2.ClH/c1-12(13-3-5-14(18)6-4-13)11-20(2)17-9-15-7-8-16(10-17)19-15;/h3-6,12,15-17,19H,7-11H2,1-2H3;1H. The maximum absolute atomic E-state index is 13.0. The van der Waals surface area contributed by atoms with Crippen LogP contribution in [0.3, 0.4) is 0 Å². The van der Waals surface area contributed by atoms with Crippen LogP contribution in [-0.2, 0) is 0 Å². The first-order valence-electron chi connectivity index (χ1n) is 7.83. The number of halogens is 2. The van der Waals surface area contributed by atoms with Crippen LogP contribution in [0.1, 0.15) is 44.1 Å². The first kappa shape index (κ1) is 16.7. The number of piperidine rings is 1. The molecule has 2 aliphatic rings. The molecule has 0 saturated carbocycles. The van der Waals surface area contributed by atoms with E-state index < -0.39 is 0 Å². The second-order valence-corrected chi connectivity index (χ2v) is 6.66. The van der Waals surface area contributed by atoms with Crippen LogP contribution in [0.15, 0.2) is 24.3 Å². The molecule has 0 aromatic heterocycles. The fraction of sp³-hybridized carbons (Fsp3) is 0.647. The minimum atomic E-state index is -0.149. The van der Waals surface area contributed by atoms with E-state index in [2.05, 4.69) is 24.2 Å². The summed E-state index contributed by atoms with van der Waals surface area (Å²) in [7, 11) is 2.25. The molecule has 0 radical (unpaired) electrons. The average molecular weight is 313 g/mol. The minimum absolute atomic E-state index is 0. The molecule has 3 atom stereocenters.